The number of halogens is 1. The van der Waals surface area contributed by atoms with Gasteiger partial charge in [-0.05, 0) is 49.2 Å². The number of hydrogen-bond donors (Lipinski definition) is 1. The van der Waals surface area contributed by atoms with Crippen LogP contribution in [0.5, 0.6) is 11.5 Å². The maximum Gasteiger partial charge on any atom is 0.146 e. The van der Waals surface area contributed by atoms with Crippen LogP contribution in [0.4, 0.5) is 0 Å². The fraction of sp³-hybridized carbons (Fsp3) is 0.200. The molecule has 0 aliphatic heterocycles. The Balaban J connectivity index is 2.21. The average Bonchev–Trinajstić information content (AvgIpc) is 2.34. The highest BCUT2D eigenvalue weighted by atomic mass is 35.5. The molecule has 0 spiro atoms. The van der Waals surface area contributed by atoms with E-state index in [0.717, 1.165) is 11.1 Å². The summed E-state index contributed by atoms with van der Waals surface area (Å²) in [7, 11) is 0. The smallest absolute Gasteiger partial charge is 0.146 e. The molecule has 2 aromatic carbocycles. The molecule has 1 atom stereocenters. The minimum Gasteiger partial charge on any atom is -0.456 e. The second-order valence-corrected chi connectivity index (χ2v) is 4.69. The van der Waals surface area contributed by atoms with Crippen molar-refractivity contribution < 1.29 is 9.84 Å². The maximum atomic E-state index is 9.42. The van der Waals surface area contributed by atoms with Crippen LogP contribution in [0.3, 0.4) is 0 Å². The molecule has 2 rings (SSSR count). The number of ether oxygens (including phenoxy) is 1. The summed E-state index contributed by atoms with van der Waals surface area (Å²) in [6, 6.07) is 13.0. The molecule has 0 aliphatic rings. The second-order valence-electron chi connectivity index (χ2n) is 4.28. The van der Waals surface area contributed by atoms with Gasteiger partial charge in [-0.3, -0.25) is 0 Å². The molecular formula is C15H15ClO2. The first-order valence-electron chi connectivity index (χ1n) is 5.78. The number of rotatable bonds is 3. The normalized spacial score (nSPS) is 12.2. The van der Waals surface area contributed by atoms with E-state index in [2.05, 4.69) is 0 Å². The third kappa shape index (κ3) is 3.03. The zero-order valence-corrected chi connectivity index (χ0v) is 11.1. The van der Waals surface area contributed by atoms with E-state index < -0.39 is 6.10 Å². The van der Waals surface area contributed by atoms with Crippen molar-refractivity contribution in [3.8, 4) is 11.5 Å². The quantitative estimate of drug-likeness (QED) is 0.883. The van der Waals surface area contributed by atoms with E-state index in [1.165, 1.54) is 0 Å². The topological polar surface area (TPSA) is 29.5 Å². The molecule has 3 heteroatoms. The van der Waals surface area contributed by atoms with Crippen LogP contribution in [0, 0.1) is 6.92 Å². The Hall–Kier alpha value is -1.51. The van der Waals surface area contributed by atoms with Crippen molar-refractivity contribution in [3.63, 3.8) is 0 Å². The number of aliphatic hydroxyl groups is 1. The fourth-order valence-corrected chi connectivity index (χ4v) is 1.79. The van der Waals surface area contributed by atoms with Crippen LogP contribution in [-0.2, 0) is 0 Å². The van der Waals surface area contributed by atoms with E-state index in [4.69, 9.17) is 16.3 Å². The number of hydrogen-bond acceptors (Lipinski definition) is 2. The monoisotopic (exact) mass is 262 g/mol. The zero-order valence-electron chi connectivity index (χ0n) is 10.4. The highest BCUT2D eigenvalue weighted by Gasteiger charge is 2.05. The maximum absolute atomic E-state index is 9.42. The minimum atomic E-state index is -0.471. The molecule has 0 bridgehead atoms. The van der Waals surface area contributed by atoms with Crippen molar-refractivity contribution in [1.29, 1.82) is 0 Å². The van der Waals surface area contributed by atoms with E-state index in [1.54, 1.807) is 6.92 Å². The summed E-state index contributed by atoms with van der Waals surface area (Å²) in [5, 5.41) is 10.0. The van der Waals surface area contributed by atoms with Gasteiger partial charge in [0.2, 0.25) is 0 Å². The Labute approximate surface area is 112 Å². The van der Waals surface area contributed by atoms with Gasteiger partial charge in [-0.1, -0.05) is 29.8 Å². The molecule has 2 aromatic rings. The van der Waals surface area contributed by atoms with Gasteiger partial charge in [-0.25, -0.2) is 0 Å². The molecule has 2 nitrogen and oxygen atoms in total. The molecule has 0 fully saturated rings. The molecule has 0 aliphatic carbocycles. The van der Waals surface area contributed by atoms with Gasteiger partial charge in [0.1, 0.15) is 11.5 Å². The molecule has 0 unspecified atom stereocenters. The van der Waals surface area contributed by atoms with Crippen molar-refractivity contribution in [3.05, 3.63) is 58.6 Å². The van der Waals surface area contributed by atoms with Gasteiger partial charge in [0.25, 0.3) is 0 Å². The van der Waals surface area contributed by atoms with Gasteiger partial charge in [0.15, 0.2) is 0 Å². The van der Waals surface area contributed by atoms with Crippen molar-refractivity contribution in [2.45, 2.75) is 20.0 Å². The van der Waals surface area contributed by atoms with Crippen molar-refractivity contribution in [1.82, 2.24) is 0 Å². The van der Waals surface area contributed by atoms with E-state index in [1.807, 2.05) is 49.4 Å². The molecule has 0 heterocycles. The summed E-state index contributed by atoms with van der Waals surface area (Å²) in [5.41, 5.74) is 1.95. The first kappa shape index (κ1) is 12.9. The summed E-state index contributed by atoms with van der Waals surface area (Å²) < 4.78 is 5.71. The van der Waals surface area contributed by atoms with Crippen LogP contribution in [0.2, 0.25) is 5.02 Å². The molecule has 94 valence electrons. The Morgan fingerprint density at radius 3 is 2.39 bits per heavy atom. The van der Waals surface area contributed by atoms with Gasteiger partial charge in [0, 0.05) is 0 Å². The third-order valence-electron chi connectivity index (χ3n) is 2.68. The van der Waals surface area contributed by atoms with Crippen LogP contribution < -0.4 is 4.74 Å². The van der Waals surface area contributed by atoms with Crippen molar-refractivity contribution in [2.75, 3.05) is 0 Å². The number of aryl methyl sites for hydroxylation is 1. The van der Waals surface area contributed by atoms with Gasteiger partial charge in [-0.2, -0.15) is 0 Å². The largest absolute Gasteiger partial charge is 0.456 e. The molecule has 0 saturated carbocycles. The van der Waals surface area contributed by atoms with Crippen LogP contribution in [0.15, 0.2) is 42.5 Å². The Bertz CT molecular complexity index is 533. The molecule has 0 amide bonds. The van der Waals surface area contributed by atoms with Gasteiger partial charge in [0.05, 0.1) is 11.1 Å². The summed E-state index contributed by atoms with van der Waals surface area (Å²) >= 11 is 6.06. The lowest BCUT2D eigenvalue weighted by molar-refractivity contribution is 0.199. The SMILES string of the molecule is Cc1ccc(Cl)c(Oc2ccc([C@@H](C)O)cc2)c1. The summed E-state index contributed by atoms with van der Waals surface area (Å²) in [6.45, 7) is 3.72. The Kier molecular flexibility index (Phi) is 3.90. The molecule has 18 heavy (non-hydrogen) atoms. The van der Waals surface area contributed by atoms with E-state index in [9.17, 15) is 5.11 Å². The molecular weight excluding hydrogens is 248 g/mol. The number of benzene rings is 2. The fourth-order valence-electron chi connectivity index (χ4n) is 1.63. The second kappa shape index (κ2) is 5.42. The summed E-state index contributed by atoms with van der Waals surface area (Å²) in [5.74, 6) is 1.34. The highest BCUT2D eigenvalue weighted by Crippen LogP contribution is 2.30. The molecule has 0 saturated heterocycles. The van der Waals surface area contributed by atoms with E-state index in [0.29, 0.717) is 16.5 Å². The first-order chi connectivity index (χ1) is 8.56. The van der Waals surface area contributed by atoms with Crippen molar-refractivity contribution in [2.24, 2.45) is 0 Å². The predicted molar refractivity (Wildman–Crippen MR) is 73.3 cm³/mol. The lowest BCUT2D eigenvalue weighted by Crippen LogP contribution is -1.91. The van der Waals surface area contributed by atoms with Gasteiger partial charge >= 0.3 is 0 Å². The van der Waals surface area contributed by atoms with E-state index in [-0.39, 0.29) is 0 Å². The Morgan fingerprint density at radius 2 is 1.78 bits per heavy atom. The molecule has 1 N–H and O–H groups in total. The predicted octanol–water partition coefficient (Wildman–Crippen LogP) is 4.49. The van der Waals surface area contributed by atoms with E-state index >= 15 is 0 Å². The molecule has 0 radical (unpaired) electrons. The summed E-state index contributed by atoms with van der Waals surface area (Å²) in [6.07, 6.45) is -0.471. The van der Waals surface area contributed by atoms with Gasteiger partial charge in [-0.15, -0.1) is 0 Å². The first-order valence-corrected chi connectivity index (χ1v) is 6.16. The van der Waals surface area contributed by atoms with Crippen LogP contribution >= 0.6 is 11.6 Å². The molecule has 0 aromatic heterocycles. The van der Waals surface area contributed by atoms with Gasteiger partial charge < -0.3 is 9.84 Å². The van der Waals surface area contributed by atoms with Crippen molar-refractivity contribution >= 4 is 11.6 Å². The number of aliphatic hydroxyl groups excluding tert-OH is 1. The highest BCUT2D eigenvalue weighted by molar-refractivity contribution is 6.32. The van der Waals surface area contributed by atoms with Crippen LogP contribution in [0.25, 0.3) is 0 Å². The Morgan fingerprint density at radius 1 is 1.11 bits per heavy atom. The average molecular weight is 263 g/mol. The standard InChI is InChI=1S/C15H15ClO2/c1-10-3-8-14(16)15(9-10)18-13-6-4-12(5-7-13)11(2)17/h3-9,11,17H,1-2H3/t11-/m1/s1. The zero-order chi connectivity index (χ0) is 13.1. The lowest BCUT2D eigenvalue weighted by Gasteiger charge is -2.10. The third-order valence-corrected chi connectivity index (χ3v) is 2.99. The summed E-state index contributed by atoms with van der Waals surface area (Å²) in [4.78, 5) is 0. The van der Waals surface area contributed by atoms with Crippen LogP contribution in [-0.4, -0.2) is 5.11 Å². The van der Waals surface area contributed by atoms with Crippen LogP contribution in [0.1, 0.15) is 24.2 Å². The lowest BCUT2D eigenvalue weighted by atomic mass is 10.1. The minimum absolute atomic E-state index is 0.471.